The van der Waals surface area contributed by atoms with Gasteiger partial charge in [-0.05, 0) is 53.8 Å². The number of aryl methyl sites for hydroxylation is 1. The van der Waals surface area contributed by atoms with Crippen LogP contribution in [0.25, 0.3) is 0 Å². The zero-order valence-corrected chi connectivity index (χ0v) is 13.0. The van der Waals surface area contributed by atoms with Crippen molar-refractivity contribution < 1.29 is 9.84 Å². The van der Waals surface area contributed by atoms with Gasteiger partial charge in [0.15, 0.2) is 0 Å². The van der Waals surface area contributed by atoms with E-state index in [2.05, 4.69) is 0 Å². The Morgan fingerprint density at radius 3 is 2.76 bits per heavy atom. The summed E-state index contributed by atoms with van der Waals surface area (Å²) in [7, 11) is 0. The lowest BCUT2D eigenvalue weighted by Crippen LogP contribution is -2.10. The van der Waals surface area contributed by atoms with Gasteiger partial charge in [-0.1, -0.05) is 35.3 Å². The van der Waals surface area contributed by atoms with E-state index < -0.39 is 6.10 Å². The molecule has 0 radical (unpaired) electrons. The first-order chi connectivity index (χ1) is 10.1. The van der Waals surface area contributed by atoms with Gasteiger partial charge in [0.25, 0.3) is 0 Å². The van der Waals surface area contributed by atoms with Crippen molar-refractivity contribution in [3.63, 3.8) is 0 Å². The molecule has 0 bridgehead atoms. The lowest BCUT2D eigenvalue weighted by molar-refractivity contribution is 0.178. The molecule has 0 fully saturated rings. The summed E-state index contributed by atoms with van der Waals surface area (Å²) in [5.41, 5.74) is 3.04. The van der Waals surface area contributed by atoms with Gasteiger partial charge in [-0.2, -0.15) is 0 Å². The Morgan fingerprint density at radius 1 is 1.10 bits per heavy atom. The third kappa shape index (κ3) is 3.34. The quantitative estimate of drug-likeness (QED) is 0.895. The molecule has 2 aromatic rings. The first kappa shape index (κ1) is 14.7. The van der Waals surface area contributed by atoms with Crippen LogP contribution in [-0.4, -0.2) is 11.7 Å². The van der Waals surface area contributed by atoms with Crippen LogP contribution in [0, 0.1) is 0 Å². The smallest absolute Gasteiger partial charge is 0.122 e. The minimum absolute atomic E-state index is 0.510. The van der Waals surface area contributed by atoms with Crippen molar-refractivity contribution in [2.75, 3.05) is 6.61 Å². The van der Waals surface area contributed by atoms with Gasteiger partial charge in [-0.3, -0.25) is 0 Å². The van der Waals surface area contributed by atoms with Crippen molar-refractivity contribution >= 4 is 23.2 Å². The fourth-order valence-electron chi connectivity index (χ4n) is 2.60. The van der Waals surface area contributed by atoms with Crippen molar-refractivity contribution in [3.05, 3.63) is 63.1 Å². The van der Waals surface area contributed by atoms with E-state index in [1.807, 2.05) is 24.3 Å². The molecule has 0 saturated heterocycles. The van der Waals surface area contributed by atoms with Crippen molar-refractivity contribution in [1.82, 2.24) is 0 Å². The highest BCUT2D eigenvalue weighted by molar-refractivity contribution is 6.42. The summed E-state index contributed by atoms with van der Waals surface area (Å²) in [5.74, 6) is 0.937. The van der Waals surface area contributed by atoms with Crippen LogP contribution in [0.15, 0.2) is 36.4 Å². The van der Waals surface area contributed by atoms with Crippen LogP contribution in [0.4, 0.5) is 0 Å². The summed E-state index contributed by atoms with van der Waals surface area (Å²) < 4.78 is 5.59. The molecule has 1 atom stereocenters. The molecule has 0 spiro atoms. The molecular formula is C17H16Cl2O2. The number of aliphatic hydroxyl groups excluding tert-OH is 1. The summed E-state index contributed by atoms with van der Waals surface area (Å²) >= 11 is 11.9. The summed E-state index contributed by atoms with van der Waals surface area (Å²) in [6.07, 6.45) is 1.98. The Balaban J connectivity index is 1.78. The van der Waals surface area contributed by atoms with Crippen LogP contribution >= 0.6 is 23.2 Å². The fraction of sp³-hybridized carbons (Fsp3) is 0.294. The highest BCUT2D eigenvalue weighted by Gasteiger charge is 2.15. The van der Waals surface area contributed by atoms with E-state index in [4.69, 9.17) is 27.9 Å². The third-order valence-corrected chi connectivity index (χ3v) is 4.47. The van der Waals surface area contributed by atoms with E-state index in [0.717, 1.165) is 36.3 Å². The maximum absolute atomic E-state index is 10.4. The zero-order valence-electron chi connectivity index (χ0n) is 11.5. The van der Waals surface area contributed by atoms with E-state index in [1.165, 1.54) is 5.56 Å². The van der Waals surface area contributed by atoms with Gasteiger partial charge in [0.1, 0.15) is 5.75 Å². The molecule has 4 heteroatoms. The number of hydrogen-bond acceptors (Lipinski definition) is 2. The molecule has 110 valence electrons. The molecule has 1 aliphatic rings. The molecule has 2 aromatic carbocycles. The van der Waals surface area contributed by atoms with Gasteiger partial charge < -0.3 is 9.84 Å². The van der Waals surface area contributed by atoms with Gasteiger partial charge in [-0.25, -0.2) is 0 Å². The van der Waals surface area contributed by atoms with Gasteiger partial charge in [0, 0.05) is 6.42 Å². The number of hydrogen-bond donors (Lipinski definition) is 1. The topological polar surface area (TPSA) is 29.5 Å². The monoisotopic (exact) mass is 322 g/mol. The van der Waals surface area contributed by atoms with E-state index >= 15 is 0 Å². The van der Waals surface area contributed by atoms with Crippen LogP contribution in [0.5, 0.6) is 5.75 Å². The minimum Gasteiger partial charge on any atom is -0.493 e. The van der Waals surface area contributed by atoms with Crippen LogP contribution in [0.1, 0.15) is 29.2 Å². The minimum atomic E-state index is -0.561. The SMILES string of the molecule is OC(Cc1ccc(Cl)c(Cl)c1)c1ccc2c(c1)CCCO2. The molecule has 0 saturated carbocycles. The lowest BCUT2D eigenvalue weighted by Gasteiger charge is -2.19. The Labute approximate surface area is 134 Å². The molecule has 1 unspecified atom stereocenters. The van der Waals surface area contributed by atoms with E-state index in [0.29, 0.717) is 16.5 Å². The largest absolute Gasteiger partial charge is 0.493 e. The molecule has 21 heavy (non-hydrogen) atoms. The molecule has 0 aliphatic carbocycles. The summed E-state index contributed by atoms with van der Waals surface area (Å²) in [4.78, 5) is 0. The number of ether oxygens (including phenoxy) is 1. The predicted octanol–water partition coefficient (Wildman–Crippen LogP) is 4.59. The van der Waals surface area contributed by atoms with Crippen molar-refractivity contribution in [1.29, 1.82) is 0 Å². The van der Waals surface area contributed by atoms with E-state index in [9.17, 15) is 5.11 Å². The van der Waals surface area contributed by atoms with Crippen LogP contribution in [0.2, 0.25) is 10.0 Å². The Morgan fingerprint density at radius 2 is 1.95 bits per heavy atom. The number of fused-ring (bicyclic) bond motifs is 1. The first-order valence-electron chi connectivity index (χ1n) is 7.01. The third-order valence-electron chi connectivity index (χ3n) is 3.73. The molecule has 1 N–H and O–H groups in total. The number of aliphatic hydroxyl groups is 1. The van der Waals surface area contributed by atoms with Crippen molar-refractivity contribution in [2.45, 2.75) is 25.4 Å². The summed E-state index contributed by atoms with van der Waals surface area (Å²) in [5, 5.41) is 11.5. The molecule has 2 nitrogen and oxygen atoms in total. The molecule has 0 aromatic heterocycles. The standard InChI is InChI=1S/C17H16Cl2O2/c18-14-5-3-11(8-15(14)19)9-16(20)12-4-6-17-13(10-12)2-1-7-21-17/h3-6,8,10,16,20H,1-2,7,9H2. The number of halogens is 2. The predicted molar refractivity (Wildman–Crippen MR) is 85.4 cm³/mol. The van der Waals surface area contributed by atoms with E-state index in [1.54, 1.807) is 12.1 Å². The highest BCUT2D eigenvalue weighted by atomic mass is 35.5. The zero-order chi connectivity index (χ0) is 14.8. The molecule has 1 aliphatic heterocycles. The van der Waals surface area contributed by atoms with Crippen LogP contribution in [-0.2, 0) is 12.8 Å². The Hall–Kier alpha value is -1.22. The molecule has 1 heterocycles. The van der Waals surface area contributed by atoms with Crippen molar-refractivity contribution in [2.24, 2.45) is 0 Å². The molecular weight excluding hydrogens is 307 g/mol. The Bertz CT molecular complexity index is 655. The second kappa shape index (κ2) is 6.27. The first-order valence-corrected chi connectivity index (χ1v) is 7.76. The van der Waals surface area contributed by atoms with Gasteiger partial charge in [0.05, 0.1) is 22.8 Å². The van der Waals surface area contributed by atoms with E-state index in [-0.39, 0.29) is 0 Å². The number of benzene rings is 2. The average Bonchev–Trinajstić information content (AvgIpc) is 2.50. The maximum atomic E-state index is 10.4. The second-order valence-electron chi connectivity index (χ2n) is 5.29. The van der Waals surface area contributed by atoms with Crippen LogP contribution < -0.4 is 4.74 Å². The summed E-state index contributed by atoms with van der Waals surface area (Å²) in [6, 6.07) is 11.4. The Kier molecular flexibility index (Phi) is 4.39. The fourth-order valence-corrected chi connectivity index (χ4v) is 2.92. The average molecular weight is 323 g/mol. The second-order valence-corrected chi connectivity index (χ2v) is 6.10. The normalized spacial score (nSPS) is 15.2. The number of rotatable bonds is 3. The van der Waals surface area contributed by atoms with Gasteiger partial charge >= 0.3 is 0 Å². The van der Waals surface area contributed by atoms with Crippen molar-refractivity contribution in [3.8, 4) is 5.75 Å². The maximum Gasteiger partial charge on any atom is 0.122 e. The molecule has 3 rings (SSSR count). The molecule has 0 amide bonds. The van der Waals surface area contributed by atoms with Crippen LogP contribution in [0.3, 0.4) is 0 Å². The highest BCUT2D eigenvalue weighted by Crippen LogP contribution is 2.30. The van der Waals surface area contributed by atoms with Gasteiger partial charge in [0.2, 0.25) is 0 Å². The summed E-state index contributed by atoms with van der Waals surface area (Å²) in [6.45, 7) is 0.776. The lowest BCUT2D eigenvalue weighted by atomic mass is 9.97. The van der Waals surface area contributed by atoms with Gasteiger partial charge in [-0.15, -0.1) is 0 Å².